The van der Waals surface area contributed by atoms with Gasteiger partial charge in [0.05, 0.1) is 30.9 Å². The number of fused-ring (bicyclic) bond motifs is 1. The van der Waals surface area contributed by atoms with Gasteiger partial charge >= 0.3 is 0 Å². The Morgan fingerprint density at radius 3 is 2.66 bits per heavy atom. The number of amides is 1. The van der Waals surface area contributed by atoms with Crippen LogP contribution in [0.3, 0.4) is 0 Å². The van der Waals surface area contributed by atoms with Gasteiger partial charge in [-0.2, -0.15) is 5.26 Å². The van der Waals surface area contributed by atoms with Crippen LogP contribution >= 0.6 is 0 Å². The van der Waals surface area contributed by atoms with Crippen molar-refractivity contribution in [3.8, 4) is 40.5 Å². The summed E-state index contributed by atoms with van der Waals surface area (Å²) in [4.78, 5) is 11.5. The molecule has 1 aromatic heterocycles. The lowest BCUT2D eigenvalue weighted by atomic mass is 9.82. The lowest BCUT2D eigenvalue weighted by Crippen LogP contribution is -2.23. The molecule has 0 fully saturated rings. The summed E-state index contributed by atoms with van der Waals surface area (Å²) in [6, 6.07) is 14.9. The number of H-pyrrole nitrogens is 1. The van der Waals surface area contributed by atoms with Gasteiger partial charge in [-0.3, -0.25) is 9.89 Å². The summed E-state index contributed by atoms with van der Waals surface area (Å²) in [6.07, 6.45) is 0.903. The molecule has 4 rings (SSSR count). The molecule has 0 radical (unpaired) electrons. The Hall–Kier alpha value is -4.65. The molecule has 10 nitrogen and oxygen atoms in total. The number of nitrogens with two attached hydrogens (primary N) is 2. The van der Waals surface area contributed by atoms with Gasteiger partial charge in [0.25, 0.3) is 5.91 Å². The van der Waals surface area contributed by atoms with Gasteiger partial charge in [-0.15, -0.1) is 5.10 Å². The number of rotatable bonds is 9. The van der Waals surface area contributed by atoms with E-state index in [2.05, 4.69) is 16.3 Å². The van der Waals surface area contributed by atoms with Crippen molar-refractivity contribution in [1.82, 2.24) is 10.2 Å². The largest absolute Gasteiger partial charge is 0.494 e. The summed E-state index contributed by atoms with van der Waals surface area (Å²) in [5.74, 6) is 0.170. The number of aromatic nitrogens is 2. The van der Waals surface area contributed by atoms with Crippen LogP contribution in [0.25, 0.3) is 11.3 Å². The Bertz CT molecular complexity index is 1310. The molecule has 1 atom stereocenters. The van der Waals surface area contributed by atoms with Crippen molar-refractivity contribution < 1.29 is 23.7 Å². The lowest BCUT2D eigenvalue weighted by Gasteiger charge is -2.26. The maximum absolute atomic E-state index is 11.5. The van der Waals surface area contributed by atoms with E-state index < -0.39 is 11.8 Å². The average Bonchev–Trinajstić information content (AvgIpc) is 3.28. The van der Waals surface area contributed by atoms with Crippen molar-refractivity contribution in [2.24, 2.45) is 11.5 Å². The summed E-state index contributed by atoms with van der Waals surface area (Å²) in [5.41, 5.74) is 14.2. The maximum atomic E-state index is 11.5. The molecule has 0 saturated heterocycles. The number of hydrogen-bond donors (Lipinski definition) is 3. The summed E-state index contributed by atoms with van der Waals surface area (Å²) >= 11 is 0. The molecule has 0 saturated carbocycles. The Kier molecular flexibility index (Phi) is 6.78. The first-order chi connectivity index (χ1) is 17.0. The number of allylic oxidation sites excluding steroid dienone is 1. The molecule has 1 aliphatic rings. The molecular formula is C25H25N5O5. The van der Waals surface area contributed by atoms with E-state index in [1.165, 1.54) is 7.11 Å². The Balaban J connectivity index is 1.87. The van der Waals surface area contributed by atoms with E-state index in [9.17, 15) is 10.1 Å². The van der Waals surface area contributed by atoms with Gasteiger partial charge in [0.1, 0.15) is 17.4 Å². The van der Waals surface area contributed by atoms with Crippen LogP contribution in [0.15, 0.2) is 53.9 Å². The van der Waals surface area contributed by atoms with Crippen molar-refractivity contribution in [3.05, 3.63) is 65.0 Å². The molecule has 0 spiro atoms. The highest BCUT2D eigenvalue weighted by Crippen LogP contribution is 2.49. The highest BCUT2D eigenvalue weighted by molar-refractivity contribution is 5.76. The van der Waals surface area contributed by atoms with Gasteiger partial charge in [0.15, 0.2) is 18.1 Å². The molecule has 35 heavy (non-hydrogen) atoms. The minimum atomic E-state index is -0.716. The maximum Gasteiger partial charge on any atom is 0.255 e. The zero-order valence-electron chi connectivity index (χ0n) is 19.3. The number of primary amides is 1. The first-order valence-electron chi connectivity index (χ1n) is 11.0. The van der Waals surface area contributed by atoms with Gasteiger partial charge in [0, 0.05) is 11.1 Å². The summed E-state index contributed by atoms with van der Waals surface area (Å²) in [6.45, 7) is 2.29. The lowest BCUT2D eigenvalue weighted by molar-refractivity contribution is -0.119. The second-order valence-corrected chi connectivity index (χ2v) is 7.75. The van der Waals surface area contributed by atoms with E-state index in [-0.39, 0.29) is 29.7 Å². The second kappa shape index (κ2) is 10.1. The highest BCUT2D eigenvalue weighted by Gasteiger charge is 2.38. The van der Waals surface area contributed by atoms with Crippen molar-refractivity contribution in [3.63, 3.8) is 0 Å². The molecule has 2 heterocycles. The monoisotopic (exact) mass is 475 g/mol. The van der Waals surface area contributed by atoms with Crippen LogP contribution in [0, 0.1) is 11.3 Å². The van der Waals surface area contributed by atoms with Crippen molar-refractivity contribution in [2.75, 3.05) is 20.3 Å². The fourth-order valence-electron chi connectivity index (χ4n) is 3.93. The molecule has 0 bridgehead atoms. The van der Waals surface area contributed by atoms with Crippen LogP contribution in [0.1, 0.15) is 30.4 Å². The molecule has 1 unspecified atom stereocenters. The molecule has 5 N–H and O–H groups in total. The van der Waals surface area contributed by atoms with Crippen LogP contribution in [-0.4, -0.2) is 36.4 Å². The zero-order chi connectivity index (χ0) is 24.9. The number of ether oxygens (including phenoxy) is 4. The Labute approximate surface area is 202 Å². The van der Waals surface area contributed by atoms with Gasteiger partial charge in [0.2, 0.25) is 11.8 Å². The normalized spacial score (nSPS) is 14.5. The molecular weight excluding hydrogens is 450 g/mol. The van der Waals surface area contributed by atoms with E-state index in [1.54, 1.807) is 18.2 Å². The van der Waals surface area contributed by atoms with Gasteiger partial charge in [-0.25, -0.2) is 0 Å². The molecule has 3 aromatic rings. The number of benzene rings is 2. The summed E-state index contributed by atoms with van der Waals surface area (Å²) < 4.78 is 22.6. The number of methoxy groups -OCH3 is 1. The Morgan fingerprint density at radius 2 is 2.00 bits per heavy atom. The fraction of sp³-hybridized carbons (Fsp3) is 0.240. The van der Waals surface area contributed by atoms with Gasteiger partial charge < -0.3 is 30.4 Å². The van der Waals surface area contributed by atoms with E-state index in [4.69, 9.17) is 30.4 Å². The number of aromatic amines is 1. The minimum Gasteiger partial charge on any atom is -0.494 e. The molecule has 180 valence electrons. The van der Waals surface area contributed by atoms with E-state index in [0.717, 1.165) is 17.7 Å². The molecule has 1 amide bonds. The van der Waals surface area contributed by atoms with Crippen molar-refractivity contribution in [2.45, 2.75) is 19.3 Å². The van der Waals surface area contributed by atoms with E-state index in [1.807, 2.05) is 31.2 Å². The zero-order valence-corrected chi connectivity index (χ0v) is 19.3. The van der Waals surface area contributed by atoms with E-state index >= 15 is 0 Å². The second-order valence-electron chi connectivity index (χ2n) is 7.75. The smallest absolute Gasteiger partial charge is 0.255 e. The van der Waals surface area contributed by atoms with Gasteiger partial charge in [-0.1, -0.05) is 19.1 Å². The number of carbonyl (C=O) groups is 1. The van der Waals surface area contributed by atoms with Crippen LogP contribution < -0.4 is 30.4 Å². The number of para-hydroxylation sites is 1. The van der Waals surface area contributed by atoms with Gasteiger partial charge in [-0.05, 0) is 36.8 Å². The third kappa shape index (κ3) is 4.56. The summed E-state index contributed by atoms with van der Waals surface area (Å²) in [5, 5.41) is 17.3. The third-order valence-corrected chi connectivity index (χ3v) is 5.45. The van der Waals surface area contributed by atoms with Crippen LogP contribution in [-0.2, 0) is 4.79 Å². The SMILES string of the molecule is CCCOc1ccc(-c2[nH]nc3c2C(c2cccc(OC)c2OCC(N)=O)C(C#N)=C(N)O3)cc1. The number of hydrogen-bond acceptors (Lipinski definition) is 8. The number of nitrogens with one attached hydrogen (secondary N) is 1. The first-order valence-corrected chi connectivity index (χ1v) is 11.0. The average molecular weight is 476 g/mol. The van der Waals surface area contributed by atoms with Crippen LogP contribution in [0.4, 0.5) is 0 Å². The topological polar surface area (TPSA) is 158 Å². The Morgan fingerprint density at radius 1 is 1.23 bits per heavy atom. The quantitative estimate of drug-likeness (QED) is 0.426. The number of nitrogens with zero attached hydrogens (tertiary/aromatic N) is 2. The molecule has 1 aliphatic heterocycles. The first kappa shape index (κ1) is 23.5. The number of nitriles is 1. The minimum absolute atomic E-state index is 0.0740. The highest BCUT2D eigenvalue weighted by atomic mass is 16.5. The van der Waals surface area contributed by atoms with Crippen molar-refractivity contribution in [1.29, 1.82) is 5.26 Å². The number of carbonyl (C=O) groups excluding carboxylic acids is 1. The summed E-state index contributed by atoms with van der Waals surface area (Å²) in [7, 11) is 1.48. The standard InChI is InChI=1S/C25H25N5O5/c1-3-11-33-15-9-7-14(8-10-15)22-21-20(17(12-26)24(28)35-25(21)30-29-22)16-5-4-6-18(32-2)23(16)34-13-19(27)31/h4-10,20H,3,11,13,28H2,1-2H3,(H2,27,31)(H,29,30). The molecule has 10 heteroatoms. The molecule has 2 aromatic carbocycles. The van der Waals surface area contributed by atoms with E-state index in [0.29, 0.717) is 29.2 Å². The third-order valence-electron chi connectivity index (χ3n) is 5.45. The predicted molar refractivity (Wildman–Crippen MR) is 127 cm³/mol. The van der Waals surface area contributed by atoms with Crippen LogP contribution in [0.5, 0.6) is 23.1 Å². The van der Waals surface area contributed by atoms with Crippen molar-refractivity contribution >= 4 is 5.91 Å². The fourth-order valence-corrected chi connectivity index (χ4v) is 3.93. The molecule has 0 aliphatic carbocycles. The predicted octanol–water partition coefficient (Wildman–Crippen LogP) is 2.96. The van der Waals surface area contributed by atoms with Crippen LogP contribution in [0.2, 0.25) is 0 Å².